The fourth-order valence-electron chi connectivity index (χ4n) is 3.78. The van der Waals surface area contributed by atoms with Gasteiger partial charge in [-0.15, -0.1) is 0 Å². The quantitative estimate of drug-likeness (QED) is 0.183. The van der Waals surface area contributed by atoms with Crippen LogP contribution in [0.25, 0.3) is 0 Å². The van der Waals surface area contributed by atoms with Crippen molar-refractivity contribution in [2.75, 3.05) is 24.6 Å². The summed E-state index contributed by atoms with van der Waals surface area (Å²) in [6.07, 6.45) is 2.42. The lowest BCUT2D eigenvalue weighted by molar-refractivity contribution is -0.154. The molecule has 6 N–H and O–H groups in total. The van der Waals surface area contributed by atoms with Crippen LogP contribution < -0.4 is 22.1 Å². The first-order valence-electron chi connectivity index (χ1n) is 12.4. The van der Waals surface area contributed by atoms with Crippen molar-refractivity contribution in [3.63, 3.8) is 0 Å². The van der Waals surface area contributed by atoms with Crippen LogP contribution in [-0.4, -0.2) is 82.8 Å². The molecule has 0 spiro atoms. The van der Waals surface area contributed by atoms with E-state index in [-0.39, 0.29) is 24.3 Å². The molecule has 0 radical (unpaired) electrons. The molecule has 1 fully saturated rings. The van der Waals surface area contributed by atoms with Crippen LogP contribution in [0.1, 0.15) is 66.7 Å². The summed E-state index contributed by atoms with van der Waals surface area (Å²) < 4.78 is 5.28. The van der Waals surface area contributed by atoms with E-state index < -0.39 is 41.4 Å². The van der Waals surface area contributed by atoms with E-state index in [1.807, 2.05) is 34.6 Å². The summed E-state index contributed by atoms with van der Waals surface area (Å²) in [6.45, 7) is 9.38. The average Bonchev–Trinajstić information content (AvgIpc) is 3.24. The molecule has 0 aromatic carbocycles. The van der Waals surface area contributed by atoms with E-state index in [0.29, 0.717) is 50.2 Å². The van der Waals surface area contributed by atoms with Gasteiger partial charge in [0.05, 0.1) is 12.6 Å². The van der Waals surface area contributed by atoms with Crippen LogP contribution in [0.4, 0.5) is 0 Å². The maximum absolute atomic E-state index is 13.0. The second-order valence-corrected chi connectivity index (χ2v) is 11.6. The molecule has 11 nitrogen and oxygen atoms in total. The summed E-state index contributed by atoms with van der Waals surface area (Å²) in [5.41, 5.74) is 10.7. The van der Waals surface area contributed by atoms with Gasteiger partial charge in [0.15, 0.2) is 0 Å². The Kier molecular flexibility index (Phi) is 13.2. The molecule has 1 saturated heterocycles. The third-order valence-electron chi connectivity index (χ3n) is 5.32. The molecule has 1 aliphatic heterocycles. The number of carbonyl (C=O) groups is 5. The van der Waals surface area contributed by atoms with Crippen molar-refractivity contribution >= 4 is 41.4 Å². The number of nitrogens with one attached hydrogen (secondary N) is 2. The Morgan fingerprint density at radius 2 is 1.83 bits per heavy atom. The largest absolute Gasteiger partial charge is 0.460 e. The fraction of sp³-hybridized carbons (Fsp3) is 0.792. The number of likely N-dealkylation sites (tertiary alicyclic amines) is 1. The molecule has 0 aromatic heterocycles. The van der Waals surface area contributed by atoms with E-state index in [1.54, 1.807) is 0 Å². The van der Waals surface area contributed by atoms with E-state index in [2.05, 4.69) is 10.6 Å². The Hall–Kier alpha value is -2.34. The third kappa shape index (κ3) is 12.1. The molecule has 0 saturated carbocycles. The highest BCUT2D eigenvalue weighted by Crippen LogP contribution is 2.20. The van der Waals surface area contributed by atoms with Crippen LogP contribution in [0.2, 0.25) is 0 Å². The number of nitrogens with zero attached hydrogens (tertiary/aromatic N) is 1. The first-order chi connectivity index (χ1) is 16.7. The second kappa shape index (κ2) is 15.0. The van der Waals surface area contributed by atoms with Gasteiger partial charge in [0.1, 0.15) is 17.7 Å². The Morgan fingerprint density at radius 1 is 1.17 bits per heavy atom. The Labute approximate surface area is 218 Å². The first-order valence-corrected chi connectivity index (χ1v) is 13.6. The highest BCUT2D eigenvalue weighted by atomic mass is 32.2. The SMILES string of the molecule is CC(C)C[C@H](NC(=O)[C@@H]1CCCN1C(=O)[C@@H](N)CSCCCC(=O)OC(C)(C)C)C(=O)NCC(N)=O. The number of carbonyl (C=O) groups excluding carboxylic acids is 5. The normalized spacial score (nSPS) is 17.4. The third-order valence-corrected chi connectivity index (χ3v) is 6.49. The van der Waals surface area contributed by atoms with Crippen LogP contribution in [0, 0.1) is 5.92 Å². The summed E-state index contributed by atoms with van der Waals surface area (Å²) in [5, 5.41) is 5.16. The van der Waals surface area contributed by atoms with Crippen molar-refractivity contribution in [3.05, 3.63) is 0 Å². The predicted molar refractivity (Wildman–Crippen MR) is 139 cm³/mol. The van der Waals surface area contributed by atoms with Gasteiger partial charge < -0.3 is 31.7 Å². The van der Waals surface area contributed by atoms with Crippen LogP contribution in [0.15, 0.2) is 0 Å². The summed E-state index contributed by atoms with van der Waals surface area (Å²) in [6, 6.07) is -2.34. The zero-order valence-corrected chi connectivity index (χ0v) is 22.9. The minimum absolute atomic E-state index is 0.108. The van der Waals surface area contributed by atoms with Gasteiger partial charge in [0.2, 0.25) is 23.6 Å². The van der Waals surface area contributed by atoms with Gasteiger partial charge in [-0.25, -0.2) is 0 Å². The van der Waals surface area contributed by atoms with Crippen molar-refractivity contribution < 1.29 is 28.7 Å². The maximum Gasteiger partial charge on any atom is 0.306 e. The van der Waals surface area contributed by atoms with Gasteiger partial charge in [0.25, 0.3) is 0 Å². The number of hydrogen-bond acceptors (Lipinski definition) is 8. The maximum atomic E-state index is 13.0. The van der Waals surface area contributed by atoms with Crippen molar-refractivity contribution in [3.8, 4) is 0 Å². The van der Waals surface area contributed by atoms with Crippen LogP contribution >= 0.6 is 11.8 Å². The molecule has 3 atom stereocenters. The zero-order chi connectivity index (χ0) is 27.5. The lowest BCUT2D eigenvalue weighted by Crippen LogP contribution is -2.56. The summed E-state index contributed by atoms with van der Waals surface area (Å²) >= 11 is 1.48. The van der Waals surface area contributed by atoms with E-state index in [0.717, 1.165) is 0 Å². The molecule has 36 heavy (non-hydrogen) atoms. The van der Waals surface area contributed by atoms with Crippen molar-refractivity contribution in [1.82, 2.24) is 15.5 Å². The Morgan fingerprint density at radius 3 is 2.42 bits per heavy atom. The molecule has 12 heteroatoms. The van der Waals surface area contributed by atoms with Crippen LogP contribution in [0.5, 0.6) is 0 Å². The van der Waals surface area contributed by atoms with E-state index in [1.165, 1.54) is 16.7 Å². The number of rotatable bonds is 14. The molecule has 1 aliphatic rings. The van der Waals surface area contributed by atoms with E-state index in [4.69, 9.17) is 16.2 Å². The van der Waals surface area contributed by atoms with Gasteiger partial charge in [-0.05, 0) is 58.1 Å². The van der Waals surface area contributed by atoms with Gasteiger partial charge in [-0.3, -0.25) is 24.0 Å². The summed E-state index contributed by atoms with van der Waals surface area (Å²) in [4.78, 5) is 62.7. The van der Waals surface area contributed by atoms with Gasteiger partial charge in [-0.1, -0.05) is 13.8 Å². The molecule has 0 aromatic rings. The lowest BCUT2D eigenvalue weighted by atomic mass is 10.0. The fourth-order valence-corrected chi connectivity index (χ4v) is 4.69. The Balaban J connectivity index is 2.58. The molecule has 0 unspecified atom stereocenters. The van der Waals surface area contributed by atoms with Crippen LogP contribution in [0.3, 0.4) is 0 Å². The monoisotopic (exact) mass is 529 g/mol. The predicted octanol–water partition coefficient (Wildman–Crippen LogP) is 0.292. The van der Waals surface area contributed by atoms with E-state index >= 15 is 0 Å². The molecule has 1 heterocycles. The number of nitrogens with two attached hydrogens (primary N) is 2. The van der Waals surface area contributed by atoms with Crippen molar-refractivity contribution in [2.45, 2.75) is 90.4 Å². The van der Waals surface area contributed by atoms with Gasteiger partial charge >= 0.3 is 5.97 Å². The number of amides is 4. The van der Waals surface area contributed by atoms with Gasteiger partial charge in [-0.2, -0.15) is 11.8 Å². The summed E-state index contributed by atoms with van der Waals surface area (Å²) in [7, 11) is 0. The minimum Gasteiger partial charge on any atom is -0.460 e. The molecule has 1 rings (SSSR count). The molecule has 0 aliphatic carbocycles. The zero-order valence-electron chi connectivity index (χ0n) is 22.1. The lowest BCUT2D eigenvalue weighted by Gasteiger charge is -2.28. The standard InChI is InChI=1S/C24H43N5O6S/c1-15(2)12-17(21(32)27-13-19(26)30)28-22(33)18-8-6-10-29(18)23(34)16(25)14-36-11-7-9-20(31)35-24(3,4)5/h15-18H,6-14,25H2,1-5H3,(H2,26,30)(H,27,32)(H,28,33)/t16-,17-,18-/m0/s1. The van der Waals surface area contributed by atoms with Crippen molar-refractivity contribution in [2.24, 2.45) is 17.4 Å². The molecular weight excluding hydrogens is 486 g/mol. The molecule has 0 bridgehead atoms. The van der Waals surface area contributed by atoms with Gasteiger partial charge in [0, 0.05) is 18.7 Å². The highest BCUT2D eigenvalue weighted by Gasteiger charge is 2.37. The summed E-state index contributed by atoms with van der Waals surface area (Å²) in [5.74, 6) is -1.03. The minimum atomic E-state index is -0.844. The average molecular weight is 530 g/mol. The number of primary amides is 1. The number of ether oxygens (including phenoxy) is 1. The molecule has 4 amide bonds. The van der Waals surface area contributed by atoms with Crippen LogP contribution in [-0.2, 0) is 28.7 Å². The number of hydrogen-bond donors (Lipinski definition) is 4. The molecular formula is C24H43N5O6S. The second-order valence-electron chi connectivity index (χ2n) is 10.4. The first kappa shape index (κ1) is 31.7. The smallest absolute Gasteiger partial charge is 0.306 e. The number of thioether (sulfide) groups is 1. The van der Waals surface area contributed by atoms with Crippen molar-refractivity contribution in [1.29, 1.82) is 0 Å². The Bertz CT molecular complexity index is 785. The topological polar surface area (TPSA) is 174 Å². The number of esters is 1. The molecule has 206 valence electrons. The van der Waals surface area contributed by atoms with E-state index in [9.17, 15) is 24.0 Å². The highest BCUT2D eigenvalue weighted by molar-refractivity contribution is 7.99.